The maximum atomic E-state index is 12.7. The Morgan fingerprint density at radius 3 is 2.14 bits per heavy atom. The van der Waals surface area contributed by atoms with E-state index in [9.17, 15) is 23.1 Å². The van der Waals surface area contributed by atoms with E-state index in [1.807, 2.05) is 0 Å². The predicted octanol–water partition coefficient (Wildman–Crippen LogP) is 3.18. The molecule has 1 aromatic carbocycles. The number of benzene rings is 1. The molecule has 0 unspecified atom stereocenters. The lowest BCUT2D eigenvalue weighted by atomic mass is 10.0. The number of rotatable bonds is 3. The molecule has 7 heteroatoms. The summed E-state index contributed by atoms with van der Waals surface area (Å²) in [5.74, 6) is 0. The summed E-state index contributed by atoms with van der Waals surface area (Å²) >= 11 is 0. The van der Waals surface area contributed by atoms with Gasteiger partial charge < -0.3 is 15.2 Å². The van der Waals surface area contributed by atoms with Gasteiger partial charge in [-0.25, -0.2) is 4.79 Å². The van der Waals surface area contributed by atoms with Crippen molar-refractivity contribution in [1.82, 2.24) is 5.32 Å². The van der Waals surface area contributed by atoms with Crippen molar-refractivity contribution < 1.29 is 27.8 Å². The standard InChI is InChI=1S/C14H18F3NO3/c1-13(2,3)21-12(20)18-10(11(19)14(15,16)17)9-7-5-4-6-8-9/h4-8,10-11,19H,1-3H3,(H,18,20)/t10-,11+/m1/s1. The fraction of sp³-hybridized carbons (Fsp3) is 0.500. The molecular formula is C14H18F3NO3. The molecule has 1 amide bonds. The Balaban J connectivity index is 2.96. The minimum Gasteiger partial charge on any atom is -0.444 e. The lowest BCUT2D eigenvalue weighted by Gasteiger charge is -2.28. The van der Waals surface area contributed by atoms with Gasteiger partial charge in [-0.15, -0.1) is 0 Å². The van der Waals surface area contributed by atoms with Gasteiger partial charge in [0.2, 0.25) is 0 Å². The second-order valence-corrected chi connectivity index (χ2v) is 5.52. The molecule has 2 atom stereocenters. The first-order chi connectivity index (χ1) is 9.50. The number of ether oxygens (including phenoxy) is 1. The molecule has 0 aromatic heterocycles. The van der Waals surface area contributed by atoms with Gasteiger partial charge in [0.15, 0.2) is 6.10 Å². The van der Waals surface area contributed by atoms with Crippen molar-refractivity contribution in [2.24, 2.45) is 0 Å². The van der Waals surface area contributed by atoms with Crippen LogP contribution in [0.2, 0.25) is 0 Å². The molecule has 0 aliphatic carbocycles. The van der Waals surface area contributed by atoms with Crippen LogP contribution in [0.3, 0.4) is 0 Å². The van der Waals surface area contributed by atoms with Crippen molar-refractivity contribution in [1.29, 1.82) is 0 Å². The molecule has 2 N–H and O–H groups in total. The zero-order valence-corrected chi connectivity index (χ0v) is 11.9. The molecule has 0 saturated heterocycles. The first kappa shape index (κ1) is 17.3. The third kappa shape index (κ3) is 5.63. The van der Waals surface area contributed by atoms with E-state index in [2.05, 4.69) is 5.32 Å². The molecule has 4 nitrogen and oxygen atoms in total. The summed E-state index contributed by atoms with van der Waals surface area (Å²) in [4.78, 5) is 11.7. The van der Waals surface area contributed by atoms with Crippen LogP contribution in [-0.2, 0) is 4.74 Å². The average molecular weight is 305 g/mol. The molecule has 0 aliphatic heterocycles. The van der Waals surface area contributed by atoms with Crippen LogP contribution in [0, 0.1) is 0 Å². The third-order valence-electron chi connectivity index (χ3n) is 2.48. The lowest BCUT2D eigenvalue weighted by Crippen LogP contribution is -2.45. The normalized spacial score (nSPS) is 15.2. The molecule has 1 rings (SSSR count). The monoisotopic (exact) mass is 305 g/mol. The molecule has 0 spiro atoms. The van der Waals surface area contributed by atoms with Crippen LogP contribution in [0.25, 0.3) is 0 Å². The Hall–Kier alpha value is -1.76. The molecule has 0 fully saturated rings. The zero-order valence-electron chi connectivity index (χ0n) is 11.9. The minimum atomic E-state index is -4.87. The number of carbonyl (C=O) groups is 1. The molecule has 0 bridgehead atoms. The molecule has 118 valence electrons. The molecule has 0 radical (unpaired) electrons. The molecule has 0 saturated carbocycles. The second kappa shape index (κ2) is 6.34. The van der Waals surface area contributed by atoms with Gasteiger partial charge in [-0.2, -0.15) is 13.2 Å². The van der Waals surface area contributed by atoms with Crippen molar-refractivity contribution in [3.63, 3.8) is 0 Å². The second-order valence-electron chi connectivity index (χ2n) is 5.52. The Kier molecular flexibility index (Phi) is 5.22. The summed E-state index contributed by atoms with van der Waals surface area (Å²) in [5, 5.41) is 11.5. The largest absolute Gasteiger partial charge is 0.444 e. The number of halogens is 3. The number of nitrogens with one attached hydrogen (secondary N) is 1. The number of aliphatic hydroxyl groups is 1. The summed E-state index contributed by atoms with van der Waals surface area (Å²) in [5.41, 5.74) is -0.720. The number of carbonyl (C=O) groups excluding carboxylic acids is 1. The van der Waals surface area contributed by atoms with Crippen molar-refractivity contribution in [2.75, 3.05) is 0 Å². The summed E-state index contributed by atoms with van der Waals surface area (Å²) < 4.78 is 43.1. The van der Waals surface area contributed by atoms with Crippen molar-refractivity contribution in [3.8, 4) is 0 Å². The van der Waals surface area contributed by atoms with E-state index in [0.717, 1.165) is 0 Å². The number of hydrogen-bond acceptors (Lipinski definition) is 3. The molecule has 0 aliphatic rings. The quantitative estimate of drug-likeness (QED) is 0.901. The van der Waals surface area contributed by atoms with Crippen molar-refractivity contribution in [3.05, 3.63) is 35.9 Å². The summed E-state index contributed by atoms with van der Waals surface area (Å²) in [6.07, 6.45) is -8.62. The van der Waals surface area contributed by atoms with E-state index in [1.54, 1.807) is 26.8 Å². The van der Waals surface area contributed by atoms with E-state index in [-0.39, 0.29) is 5.56 Å². The number of alkyl carbamates (subject to hydrolysis) is 1. The van der Waals surface area contributed by atoms with E-state index in [1.165, 1.54) is 24.3 Å². The van der Waals surface area contributed by atoms with Crippen molar-refractivity contribution in [2.45, 2.75) is 44.7 Å². The lowest BCUT2D eigenvalue weighted by molar-refractivity contribution is -0.212. The molecule has 0 heterocycles. The highest BCUT2D eigenvalue weighted by Gasteiger charge is 2.45. The van der Waals surface area contributed by atoms with Gasteiger partial charge in [0, 0.05) is 0 Å². The smallest absolute Gasteiger partial charge is 0.416 e. The van der Waals surface area contributed by atoms with Gasteiger partial charge in [0.1, 0.15) is 5.60 Å². The van der Waals surface area contributed by atoms with Gasteiger partial charge >= 0.3 is 12.3 Å². The highest BCUT2D eigenvalue weighted by atomic mass is 19.4. The Bertz CT molecular complexity index is 469. The highest BCUT2D eigenvalue weighted by molar-refractivity contribution is 5.68. The molecular weight excluding hydrogens is 287 g/mol. The van der Waals surface area contributed by atoms with Crippen LogP contribution in [0.5, 0.6) is 0 Å². The maximum absolute atomic E-state index is 12.7. The Labute approximate surface area is 120 Å². The van der Waals surface area contributed by atoms with Gasteiger partial charge in [-0.3, -0.25) is 0 Å². The van der Waals surface area contributed by atoms with E-state index >= 15 is 0 Å². The van der Waals surface area contributed by atoms with Crippen LogP contribution in [0.15, 0.2) is 30.3 Å². The maximum Gasteiger partial charge on any atom is 0.416 e. The zero-order chi connectivity index (χ0) is 16.3. The highest BCUT2D eigenvalue weighted by Crippen LogP contribution is 2.30. The van der Waals surface area contributed by atoms with E-state index < -0.39 is 30.0 Å². The van der Waals surface area contributed by atoms with E-state index in [4.69, 9.17) is 4.74 Å². The van der Waals surface area contributed by atoms with Gasteiger partial charge in [0.05, 0.1) is 6.04 Å². The molecule has 1 aromatic rings. The van der Waals surface area contributed by atoms with Crippen LogP contribution in [-0.4, -0.2) is 29.1 Å². The fourth-order valence-electron chi connectivity index (χ4n) is 1.63. The van der Waals surface area contributed by atoms with Gasteiger partial charge in [-0.05, 0) is 26.3 Å². The topological polar surface area (TPSA) is 58.6 Å². The van der Waals surface area contributed by atoms with Crippen LogP contribution in [0.1, 0.15) is 32.4 Å². The van der Waals surface area contributed by atoms with Gasteiger partial charge in [0.25, 0.3) is 0 Å². The fourth-order valence-corrected chi connectivity index (χ4v) is 1.63. The summed E-state index contributed by atoms with van der Waals surface area (Å²) in [6.45, 7) is 4.76. The predicted molar refractivity (Wildman–Crippen MR) is 70.6 cm³/mol. The van der Waals surface area contributed by atoms with Crippen LogP contribution in [0.4, 0.5) is 18.0 Å². The van der Waals surface area contributed by atoms with Gasteiger partial charge in [-0.1, -0.05) is 30.3 Å². The first-order valence-corrected chi connectivity index (χ1v) is 6.30. The SMILES string of the molecule is CC(C)(C)OC(=O)N[C@H](c1ccccc1)[C@H](O)C(F)(F)F. The third-order valence-corrected chi connectivity index (χ3v) is 2.48. The van der Waals surface area contributed by atoms with E-state index in [0.29, 0.717) is 0 Å². The van der Waals surface area contributed by atoms with Crippen LogP contribution < -0.4 is 5.32 Å². The number of aliphatic hydroxyl groups excluding tert-OH is 1. The number of amides is 1. The minimum absolute atomic E-state index is 0.133. The Morgan fingerprint density at radius 2 is 1.71 bits per heavy atom. The Morgan fingerprint density at radius 1 is 1.19 bits per heavy atom. The number of hydrogen-bond donors (Lipinski definition) is 2. The van der Waals surface area contributed by atoms with Crippen molar-refractivity contribution >= 4 is 6.09 Å². The average Bonchev–Trinajstić information content (AvgIpc) is 2.33. The first-order valence-electron chi connectivity index (χ1n) is 6.30. The summed E-state index contributed by atoms with van der Waals surface area (Å²) in [7, 11) is 0. The summed E-state index contributed by atoms with van der Waals surface area (Å²) in [6, 6.07) is 5.79. The van der Waals surface area contributed by atoms with Crippen LogP contribution >= 0.6 is 0 Å². The number of alkyl halides is 3. The molecule has 21 heavy (non-hydrogen) atoms.